The Morgan fingerprint density at radius 3 is 2.37 bits per heavy atom. The highest BCUT2D eigenvalue weighted by Gasteiger charge is 2.41. The van der Waals surface area contributed by atoms with Crippen molar-refractivity contribution in [1.82, 2.24) is 0 Å². The van der Waals surface area contributed by atoms with Crippen molar-refractivity contribution in [3.05, 3.63) is 12.7 Å². The van der Waals surface area contributed by atoms with E-state index in [9.17, 15) is 9.59 Å². The number of carbonyl (C=O) groups is 2. The van der Waals surface area contributed by atoms with E-state index in [1.54, 1.807) is 0 Å². The normalized spacial score (nSPS) is 34.4. The van der Waals surface area contributed by atoms with Crippen LogP contribution in [-0.2, 0) is 23.8 Å². The number of carbonyl (C=O) groups excluding carboxylic acids is 2. The van der Waals surface area contributed by atoms with Crippen LogP contribution in [-0.4, -0.2) is 30.9 Å². The summed E-state index contributed by atoms with van der Waals surface area (Å²) in [6.45, 7) is 10.9. The summed E-state index contributed by atoms with van der Waals surface area (Å²) in [5, 5.41) is 0. The van der Waals surface area contributed by atoms with Gasteiger partial charge >= 0.3 is 11.9 Å². The molecule has 1 aliphatic heterocycles. The highest BCUT2D eigenvalue weighted by molar-refractivity contribution is 5.81. The number of hydrogen-bond donors (Lipinski definition) is 0. The molecule has 1 aliphatic rings. The summed E-state index contributed by atoms with van der Waals surface area (Å²) in [5.41, 5.74) is 0. The third-order valence-electron chi connectivity index (χ3n) is 3.82. The molecule has 0 aromatic heterocycles. The van der Waals surface area contributed by atoms with E-state index in [0.29, 0.717) is 5.92 Å². The Hall–Kier alpha value is -1.36. The van der Waals surface area contributed by atoms with E-state index >= 15 is 0 Å². The molecule has 5 unspecified atom stereocenters. The quantitative estimate of drug-likeness (QED) is 0.577. The number of hydrogen-bond acceptors (Lipinski definition) is 5. The van der Waals surface area contributed by atoms with Gasteiger partial charge in [-0.05, 0) is 11.8 Å². The fraction of sp³-hybridized carbons (Fsp3) is 0.714. The standard InChI is InChI=1S/C14H22O5/c1-6-13(16)17-7-12-9(3)8(2)10(4)14(19-12)18-11(5)15/h6,8-10,12,14H,1,7H2,2-5H3. The van der Waals surface area contributed by atoms with Crippen LogP contribution in [0.1, 0.15) is 27.7 Å². The predicted octanol–water partition coefficient (Wildman–Crippen LogP) is 1.91. The van der Waals surface area contributed by atoms with Gasteiger partial charge in [-0.2, -0.15) is 0 Å². The molecule has 5 heteroatoms. The molecule has 0 amide bonds. The van der Waals surface area contributed by atoms with E-state index in [0.717, 1.165) is 6.08 Å². The molecule has 0 aliphatic carbocycles. The summed E-state index contributed by atoms with van der Waals surface area (Å²) in [7, 11) is 0. The molecule has 1 saturated heterocycles. The van der Waals surface area contributed by atoms with Gasteiger partial charge in [-0.25, -0.2) is 4.79 Å². The van der Waals surface area contributed by atoms with Crippen molar-refractivity contribution >= 4 is 11.9 Å². The van der Waals surface area contributed by atoms with Crippen molar-refractivity contribution in [2.75, 3.05) is 6.61 Å². The van der Waals surface area contributed by atoms with E-state index in [-0.39, 0.29) is 30.5 Å². The second-order valence-electron chi connectivity index (χ2n) is 5.06. The van der Waals surface area contributed by atoms with Crippen molar-refractivity contribution in [1.29, 1.82) is 0 Å². The summed E-state index contributed by atoms with van der Waals surface area (Å²) in [6, 6.07) is 0. The van der Waals surface area contributed by atoms with Gasteiger partial charge in [-0.15, -0.1) is 0 Å². The summed E-state index contributed by atoms with van der Waals surface area (Å²) < 4.78 is 15.9. The van der Waals surface area contributed by atoms with Gasteiger partial charge in [0.1, 0.15) is 6.61 Å². The van der Waals surface area contributed by atoms with E-state index < -0.39 is 12.3 Å². The topological polar surface area (TPSA) is 61.8 Å². The third-order valence-corrected chi connectivity index (χ3v) is 3.82. The molecule has 0 saturated carbocycles. The van der Waals surface area contributed by atoms with Gasteiger partial charge in [-0.1, -0.05) is 27.4 Å². The molecule has 1 heterocycles. The Kier molecular flexibility index (Phi) is 5.54. The lowest BCUT2D eigenvalue weighted by molar-refractivity contribution is -0.248. The minimum atomic E-state index is -0.587. The smallest absolute Gasteiger partial charge is 0.330 e. The molecule has 1 rings (SSSR count). The second-order valence-corrected chi connectivity index (χ2v) is 5.06. The van der Waals surface area contributed by atoms with Gasteiger partial charge in [-0.3, -0.25) is 4.79 Å². The summed E-state index contributed by atoms with van der Waals surface area (Å²) in [5.74, 6) is -0.248. The van der Waals surface area contributed by atoms with Gasteiger partial charge in [0.2, 0.25) is 6.29 Å². The largest absolute Gasteiger partial charge is 0.460 e. The van der Waals surface area contributed by atoms with Crippen molar-refractivity contribution < 1.29 is 23.8 Å². The molecular formula is C14H22O5. The summed E-state index contributed by atoms with van der Waals surface area (Å²) in [6.07, 6.45) is 0.249. The number of rotatable bonds is 4. The molecule has 0 bridgehead atoms. The van der Waals surface area contributed by atoms with Crippen molar-refractivity contribution in [3.63, 3.8) is 0 Å². The van der Waals surface area contributed by atoms with Crippen LogP contribution >= 0.6 is 0 Å². The zero-order valence-corrected chi connectivity index (χ0v) is 11.9. The number of esters is 2. The molecule has 5 atom stereocenters. The first-order valence-corrected chi connectivity index (χ1v) is 6.48. The molecule has 0 radical (unpaired) electrons. The van der Waals surface area contributed by atoms with Crippen molar-refractivity contribution in [3.8, 4) is 0 Å². The Morgan fingerprint density at radius 1 is 1.21 bits per heavy atom. The van der Waals surface area contributed by atoms with E-state index in [4.69, 9.17) is 14.2 Å². The van der Waals surface area contributed by atoms with E-state index in [2.05, 4.69) is 13.5 Å². The fourth-order valence-corrected chi connectivity index (χ4v) is 2.20. The van der Waals surface area contributed by atoms with Crippen LogP contribution in [0.2, 0.25) is 0 Å². The molecule has 0 spiro atoms. The Bertz CT molecular complexity index is 352. The van der Waals surface area contributed by atoms with Crippen LogP contribution in [0.15, 0.2) is 12.7 Å². The van der Waals surface area contributed by atoms with Gasteiger partial charge in [0, 0.05) is 18.9 Å². The molecule has 5 nitrogen and oxygen atoms in total. The Labute approximate surface area is 113 Å². The average Bonchev–Trinajstić information content (AvgIpc) is 2.37. The zero-order valence-electron chi connectivity index (χ0n) is 11.9. The maximum atomic E-state index is 11.1. The predicted molar refractivity (Wildman–Crippen MR) is 69.1 cm³/mol. The zero-order chi connectivity index (χ0) is 14.6. The minimum absolute atomic E-state index is 0.102. The van der Waals surface area contributed by atoms with Gasteiger partial charge < -0.3 is 14.2 Å². The molecule has 1 fully saturated rings. The number of ether oxygens (including phenoxy) is 3. The lowest BCUT2D eigenvalue weighted by atomic mass is 9.79. The lowest BCUT2D eigenvalue weighted by Crippen LogP contribution is -2.48. The third kappa shape index (κ3) is 4.06. The van der Waals surface area contributed by atoms with Gasteiger partial charge in [0.25, 0.3) is 0 Å². The summed E-state index contributed by atoms with van der Waals surface area (Å²) >= 11 is 0. The van der Waals surface area contributed by atoms with Crippen molar-refractivity contribution in [2.45, 2.75) is 40.1 Å². The van der Waals surface area contributed by atoms with Crippen LogP contribution in [0.4, 0.5) is 0 Å². The molecule has 0 N–H and O–H groups in total. The van der Waals surface area contributed by atoms with Crippen LogP contribution in [0.25, 0.3) is 0 Å². The first-order chi connectivity index (χ1) is 8.86. The molecule has 108 valence electrons. The highest BCUT2D eigenvalue weighted by atomic mass is 16.7. The lowest BCUT2D eigenvalue weighted by Gasteiger charge is -2.42. The van der Waals surface area contributed by atoms with Gasteiger partial charge in [0.15, 0.2) is 0 Å². The van der Waals surface area contributed by atoms with E-state index in [1.807, 2.05) is 13.8 Å². The molecular weight excluding hydrogens is 248 g/mol. The average molecular weight is 270 g/mol. The van der Waals surface area contributed by atoms with Crippen LogP contribution in [0, 0.1) is 17.8 Å². The monoisotopic (exact) mass is 270 g/mol. The minimum Gasteiger partial charge on any atom is -0.460 e. The SMILES string of the molecule is C=CC(=O)OCC1OC(OC(C)=O)C(C)C(C)C1C. The Balaban J connectivity index is 2.67. The Morgan fingerprint density at radius 2 is 1.84 bits per heavy atom. The first-order valence-electron chi connectivity index (χ1n) is 6.48. The highest BCUT2D eigenvalue weighted by Crippen LogP contribution is 2.35. The van der Waals surface area contributed by atoms with Crippen molar-refractivity contribution in [2.24, 2.45) is 17.8 Å². The first kappa shape index (κ1) is 15.7. The maximum absolute atomic E-state index is 11.1. The fourth-order valence-electron chi connectivity index (χ4n) is 2.20. The van der Waals surface area contributed by atoms with E-state index in [1.165, 1.54) is 6.92 Å². The maximum Gasteiger partial charge on any atom is 0.330 e. The molecule has 0 aromatic rings. The second kappa shape index (κ2) is 6.70. The van der Waals surface area contributed by atoms with Crippen LogP contribution in [0.5, 0.6) is 0 Å². The molecule has 0 aromatic carbocycles. The molecule has 19 heavy (non-hydrogen) atoms. The van der Waals surface area contributed by atoms with Gasteiger partial charge in [0.05, 0.1) is 6.10 Å². The van der Waals surface area contributed by atoms with Crippen LogP contribution in [0.3, 0.4) is 0 Å². The summed E-state index contributed by atoms with van der Waals surface area (Å²) in [4.78, 5) is 22.1. The van der Waals surface area contributed by atoms with Crippen LogP contribution < -0.4 is 0 Å².